The maximum atomic E-state index is 5.96. The summed E-state index contributed by atoms with van der Waals surface area (Å²) in [6.45, 7) is 9.32. The fourth-order valence-electron chi connectivity index (χ4n) is 1.83. The molecule has 0 fully saturated rings. The van der Waals surface area contributed by atoms with Gasteiger partial charge in [0.1, 0.15) is 5.75 Å². The zero-order chi connectivity index (χ0) is 12.8. The van der Waals surface area contributed by atoms with Gasteiger partial charge >= 0.3 is 0 Å². The van der Waals surface area contributed by atoms with Gasteiger partial charge in [-0.05, 0) is 38.7 Å². The van der Waals surface area contributed by atoms with E-state index in [0.29, 0.717) is 0 Å². The molecule has 17 heavy (non-hydrogen) atoms. The van der Waals surface area contributed by atoms with Crippen LogP contribution < -0.4 is 10.5 Å². The van der Waals surface area contributed by atoms with E-state index in [1.165, 1.54) is 12.0 Å². The first-order valence-corrected chi connectivity index (χ1v) is 6.49. The van der Waals surface area contributed by atoms with Gasteiger partial charge in [0.25, 0.3) is 0 Å². The quantitative estimate of drug-likeness (QED) is 0.760. The Kier molecular flexibility index (Phi) is 5.49. The molecule has 1 aromatic carbocycles. The first-order valence-electron chi connectivity index (χ1n) is 6.49. The summed E-state index contributed by atoms with van der Waals surface area (Å²) in [6, 6.07) is 6.24. The molecule has 0 unspecified atom stereocenters. The molecule has 0 amide bonds. The lowest BCUT2D eigenvalue weighted by molar-refractivity contribution is 0.293. The van der Waals surface area contributed by atoms with Gasteiger partial charge in [0.15, 0.2) is 0 Å². The van der Waals surface area contributed by atoms with Crippen LogP contribution in [0.15, 0.2) is 18.2 Å². The Hall–Kier alpha value is -1.02. The maximum Gasteiger partial charge on any atom is 0.124 e. The van der Waals surface area contributed by atoms with Crippen LogP contribution in [-0.4, -0.2) is 6.61 Å². The van der Waals surface area contributed by atoms with Crippen molar-refractivity contribution < 1.29 is 4.74 Å². The van der Waals surface area contributed by atoms with E-state index in [9.17, 15) is 0 Å². The molecule has 0 heterocycles. The summed E-state index contributed by atoms with van der Waals surface area (Å²) in [6.07, 6.45) is 2.31. The Morgan fingerprint density at radius 1 is 1.24 bits per heavy atom. The molecule has 0 aliphatic rings. The topological polar surface area (TPSA) is 35.2 Å². The van der Waals surface area contributed by atoms with Gasteiger partial charge in [0.2, 0.25) is 0 Å². The molecule has 0 aliphatic carbocycles. The van der Waals surface area contributed by atoms with Gasteiger partial charge in [-0.15, -0.1) is 0 Å². The van der Waals surface area contributed by atoms with Crippen molar-refractivity contribution in [2.24, 2.45) is 11.7 Å². The van der Waals surface area contributed by atoms with Gasteiger partial charge < -0.3 is 10.5 Å². The van der Waals surface area contributed by atoms with Crippen molar-refractivity contribution in [1.82, 2.24) is 0 Å². The van der Waals surface area contributed by atoms with E-state index in [2.05, 4.69) is 32.9 Å². The molecule has 0 spiro atoms. The minimum atomic E-state index is 0.0231. The Morgan fingerprint density at radius 3 is 2.53 bits per heavy atom. The molecule has 0 aliphatic heterocycles. The lowest BCUT2D eigenvalue weighted by Gasteiger charge is -2.15. The summed E-state index contributed by atoms with van der Waals surface area (Å²) in [5.74, 6) is 1.68. The van der Waals surface area contributed by atoms with E-state index >= 15 is 0 Å². The highest BCUT2D eigenvalue weighted by molar-refractivity contribution is 5.38. The summed E-state index contributed by atoms with van der Waals surface area (Å²) in [5.41, 5.74) is 8.29. The fourth-order valence-corrected chi connectivity index (χ4v) is 1.83. The number of hydrogen-bond acceptors (Lipinski definition) is 2. The minimum Gasteiger partial charge on any atom is -0.493 e. The molecular weight excluding hydrogens is 210 g/mol. The summed E-state index contributed by atoms with van der Waals surface area (Å²) < 4.78 is 5.82. The van der Waals surface area contributed by atoms with Crippen molar-refractivity contribution in [3.05, 3.63) is 29.3 Å². The van der Waals surface area contributed by atoms with Crippen molar-refractivity contribution in [2.45, 2.75) is 46.6 Å². The van der Waals surface area contributed by atoms with Crippen LogP contribution in [-0.2, 0) is 0 Å². The molecule has 96 valence electrons. The molecule has 0 saturated heterocycles. The number of nitrogens with two attached hydrogens (primary N) is 1. The van der Waals surface area contributed by atoms with Crippen molar-refractivity contribution in [3.8, 4) is 5.75 Å². The zero-order valence-corrected chi connectivity index (χ0v) is 11.5. The van der Waals surface area contributed by atoms with Gasteiger partial charge in [0, 0.05) is 11.6 Å². The highest BCUT2D eigenvalue weighted by Gasteiger charge is 2.08. The SMILES string of the molecule is Cc1ccc(OCCCC(C)C)c([C@H](C)N)c1. The van der Waals surface area contributed by atoms with Crippen LogP contribution in [0.25, 0.3) is 0 Å². The molecule has 2 nitrogen and oxygen atoms in total. The molecule has 1 aromatic rings. The van der Waals surface area contributed by atoms with Crippen LogP contribution in [0.3, 0.4) is 0 Å². The van der Waals surface area contributed by atoms with Crippen LogP contribution >= 0.6 is 0 Å². The smallest absolute Gasteiger partial charge is 0.124 e. The third kappa shape index (κ3) is 4.78. The van der Waals surface area contributed by atoms with Gasteiger partial charge in [-0.1, -0.05) is 31.5 Å². The van der Waals surface area contributed by atoms with Gasteiger partial charge in [-0.3, -0.25) is 0 Å². The van der Waals surface area contributed by atoms with Crippen molar-refractivity contribution >= 4 is 0 Å². The Bertz CT molecular complexity index is 345. The Balaban J connectivity index is 2.58. The fraction of sp³-hybridized carbons (Fsp3) is 0.600. The molecule has 0 radical (unpaired) electrons. The third-order valence-electron chi connectivity index (χ3n) is 2.84. The molecule has 0 saturated carbocycles. The zero-order valence-electron chi connectivity index (χ0n) is 11.5. The number of hydrogen-bond donors (Lipinski definition) is 1. The van der Waals surface area contributed by atoms with Crippen LogP contribution in [0.4, 0.5) is 0 Å². The molecule has 0 aromatic heterocycles. The van der Waals surface area contributed by atoms with E-state index in [0.717, 1.165) is 30.3 Å². The van der Waals surface area contributed by atoms with Gasteiger partial charge in [-0.25, -0.2) is 0 Å². The first kappa shape index (κ1) is 14.0. The van der Waals surface area contributed by atoms with E-state index in [1.54, 1.807) is 0 Å². The summed E-state index contributed by atoms with van der Waals surface area (Å²) in [7, 11) is 0. The number of aryl methyl sites for hydroxylation is 1. The number of rotatable bonds is 6. The largest absolute Gasteiger partial charge is 0.493 e. The molecule has 1 atom stereocenters. The molecular formula is C15H25NO. The van der Waals surface area contributed by atoms with E-state index in [1.807, 2.05) is 13.0 Å². The summed E-state index contributed by atoms with van der Waals surface area (Å²) in [4.78, 5) is 0. The number of benzene rings is 1. The van der Waals surface area contributed by atoms with E-state index in [4.69, 9.17) is 10.5 Å². The normalized spacial score (nSPS) is 12.8. The van der Waals surface area contributed by atoms with E-state index < -0.39 is 0 Å². The third-order valence-corrected chi connectivity index (χ3v) is 2.84. The molecule has 2 N–H and O–H groups in total. The predicted octanol–water partition coefficient (Wildman–Crippen LogP) is 3.83. The van der Waals surface area contributed by atoms with Crippen molar-refractivity contribution in [1.29, 1.82) is 0 Å². The average molecular weight is 235 g/mol. The maximum absolute atomic E-state index is 5.96. The highest BCUT2D eigenvalue weighted by Crippen LogP contribution is 2.25. The summed E-state index contributed by atoms with van der Waals surface area (Å²) in [5, 5.41) is 0. The van der Waals surface area contributed by atoms with Crippen LogP contribution in [0.2, 0.25) is 0 Å². The molecule has 2 heteroatoms. The second-order valence-electron chi connectivity index (χ2n) is 5.21. The Labute approximate surface area is 105 Å². The highest BCUT2D eigenvalue weighted by atomic mass is 16.5. The van der Waals surface area contributed by atoms with Crippen LogP contribution in [0.1, 0.15) is 50.8 Å². The molecule has 0 bridgehead atoms. The monoisotopic (exact) mass is 235 g/mol. The Morgan fingerprint density at radius 2 is 1.94 bits per heavy atom. The first-order chi connectivity index (χ1) is 8.00. The lowest BCUT2D eigenvalue weighted by Crippen LogP contribution is -2.09. The number of ether oxygens (including phenoxy) is 1. The van der Waals surface area contributed by atoms with Crippen molar-refractivity contribution in [3.63, 3.8) is 0 Å². The van der Waals surface area contributed by atoms with Crippen LogP contribution in [0.5, 0.6) is 5.75 Å². The van der Waals surface area contributed by atoms with Gasteiger partial charge in [0.05, 0.1) is 6.61 Å². The second-order valence-corrected chi connectivity index (χ2v) is 5.21. The van der Waals surface area contributed by atoms with Crippen LogP contribution in [0, 0.1) is 12.8 Å². The lowest BCUT2D eigenvalue weighted by atomic mass is 10.1. The standard InChI is InChI=1S/C15H25NO/c1-11(2)6-5-9-17-15-8-7-12(3)10-14(15)13(4)16/h7-8,10-11,13H,5-6,9,16H2,1-4H3/t13-/m0/s1. The van der Waals surface area contributed by atoms with Crippen molar-refractivity contribution in [2.75, 3.05) is 6.61 Å². The van der Waals surface area contributed by atoms with E-state index in [-0.39, 0.29) is 6.04 Å². The van der Waals surface area contributed by atoms with Gasteiger partial charge in [-0.2, -0.15) is 0 Å². The minimum absolute atomic E-state index is 0.0231. The summed E-state index contributed by atoms with van der Waals surface area (Å²) >= 11 is 0. The second kappa shape index (κ2) is 6.65. The molecule has 1 rings (SSSR count). The predicted molar refractivity (Wildman–Crippen MR) is 73.3 cm³/mol. The average Bonchev–Trinajstić information content (AvgIpc) is 2.25.